The second-order valence-corrected chi connectivity index (χ2v) is 9.63. The highest BCUT2D eigenvalue weighted by Gasteiger charge is 2.58. The molecule has 4 atom stereocenters. The average Bonchev–Trinajstić information content (AvgIpc) is 2.60. The number of carbonyl (C=O) groups is 2. The summed E-state index contributed by atoms with van der Waals surface area (Å²) in [5.41, 5.74) is 2.06. The molecule has 1 rings (SSSR count). The number of rotatable bonds is 8. The molecule has 0 aromatic carbocycles. The van der Waals surface area contributed by atoms with E-state index in [4.69, 9.17) is 0 Å². The number of aliphatic hydroxyl groups excluding tert-OH is 2. The third kappa shape index (κ3) is 5.99. The number of carbonyl (C=O) groups excluding carboxylic acids is 2. The summed E-state index contributed by atoms with van der Waals surface area (Å²) < 4.78 is 0. The lowest BCUT2D eigenvalue weighted by Gasteiger charge is -2.49. The molecule has 4 unspecified atom stereocenters. The standard InChI is InChI=1S/C25H40O4/c1-15(2)9-10-19-22(27)20(21(26)18(7)8)24(29)25(23(19)28,13-11-16(3)4)14-12-17(5)6/h9,11-12,18-20,22,24,27,29H,10,13-14H2,1-8H3. The molecule has 29 heavy (non-hydrogen) atoms. The van der Waals surface area contributed by atoms with Crippen LogP contribution in [0.5, 0.6) is 0 Å². The van der Waals surface area contributed by atoms with E-state index < -0.39 is 29.5 Å². The summed E-state index contributed by atoms with van der Waals surface area (Å²) in [7, 11) is 0. The maximum absolute atomic E-state index is 13.7. The van der Waals surface area contributed by atoms with Crippen molar-refractivity contribution in [1.29, 1.82) is 0 Å². The van der Waals surface area contributed by atoms with Crippen LogP contribution in [0.1, 0.15) is 74.7 Å². The molecule has 4 nitrogen and oxygen atoms in total. The van der Waals surface area contributed by atoms with Gasteiger partial charge in [0.05, 0.1) is 23.5 Å². The zero-order valence-electron chi connectivity index (χ0n) is 19.5. The Morgan fingerprint density at radius 3 is 1.76 bits per heavy atom. The van der Waals surface area contributed by atoms with Gasteiger partial charge in [-0.25, -0.2) is 0 Å². The van der Waals surface area contributed by atoms with Crippen LogP contribution >= 0.6 is 0 Å². The maximum Gasteiger partial charge on any atom is 0.148 e. The van der Waals surface area contributed by atoms with Crippen molar-refractivity contribution in [3.63, 3.8) is 0 Å². The van der Waals surface area contributed by atoms with Gasteiger partial charge in [-0.15, -0.1) is 0 Å². The van der Waals surface area contributed by atoms with Crippen molar-refractivity contribution >= 4 is 11.6 Å². The molecule has 0 bridgehead atoms. The van der Waals surface area contributed by atoms with E-state index >= 15 is 0 Å². The highest BCUT2D eigenvalue weighted by atomic mass is 16.3. The molecule has 0 saturated heterocycles. The third-order valence-corrected chi connectivity index (χ3v) is 5.94. The van der Waals surface area contributed by atoms with Crippen molar-refractivity contribution in [2.75, 3.05) is 0 Å². The highest BCUT2D eigenvalue weighted by Crippen LogP contribution is 2.48. The second-order valence-electron chi connectivity index (χ2n) is 9.63. The van der Waals surface area contributed by atoms with Gasteiger partial charge >= 0.3 is 0 Å². The van der Waals surface area contributed by atoms with E-state index in [1.54, 1.807) is 13.8 Å². The summed E-state index contributed by atoms with van der Waals surface area (Å²) in [6.07, 6.45) is 4.58. The smallest absolute Gasteiger partial charge is 0.148 e. The summed E-state index contributed by atoms with van der Waals surface area (Å²) in [4.78, 5) is 26.7. The Morgan fingerprint density at radius 2 is 1.38 bits per heavy atom. The molecule has 0 amide bonds. The maximum atomic E-state index is 13.7. The van der Waals surface area contributed by atoms with Crippen molar-refractivity contribution in [2.24, 2.45) is 23.2 Å². The van der Waals surface area contributed by atoms with Gasteiger partial charge in [0.25, 0.3) is 0 Å². The molecular weight excluding hydrogens is 364 g/mol. The van der Waals surface area contributed by atoms with Crippen LogP contribution in [0.25, 0.3) is 0 Å². The Hall–Kier alpha value is -1.52. The minimum atomic E-state index is -1.21. The first-order valence-electron chi connectivity index (χ1n) is 10.7. The first-order chi connectivity index (χ1) is 13.3. The summed E-state index contributed by atoms with van der Waals surface area (Å²) in [6.45, 7) is 15.3. The van der Waals surface area contributed by atoms with Crippen LogP contribution in [-0.2, 0) is 9.59 Å². The van der Waals surface area contributed by atoms with E-state index in [1.165, 1.54) is 0 Å². The quantitative estimate of drug-likeness (QED) is 0.570. The van der Waals surface area contributed by atoms with Gasteiger partial charge in [-0.1, -0.05) is 48.8 Å². The van der Waals surface area contributed by atoms with Crippen LogP contribution in [0, 0.1) is 23.2 Å². The van der Waals surface area contributed by atoms with Crippen molar-refractivity contribution in [3.8, 4) is 0 Å². The van der Waals surface area contributed by atoms with Gasteiger partial charge in [-0.05, 0) is 60.8 Å². The largest absolute Gasteiger partial charge is 0.392 e. The van der Waals surface area contributed by atoms with Gasteiger partial charge in [-0.3, -0.25) is 9.59 Å². The molecule has 164 valence electrons. The lowest BCUT2D eigenvalue weighted by molar-refractivity contribution is -0.172. The van der Waals surface area contributed by atoms with Crippen molar-refractivity contribution in [2.45, 2.75) is 86.9 Å². The minimum Gasteiger partial charge on any atom is -0.392 e. The number of ketones is 2. The molecule has 0 radical (unpaired) electrons. The zero-order valence-corrected chi connectivity index (χ0v) is 19.5. The van der Waals surface area contributed by atoms with Crippen molar-refractivity contribution in [3.05, 3.63) is 34.9 Å². The van der Waals surface area contributed by atoms with Crippen LogP contribution in [0.2, 0.25) is 0 Å². The van der Waals surface area contributed by atoms with Gasteiger partial charge in [0.15, 0.2) is 0 Å². The predicted octanol–water partition coefficient (Wildman–Crippen LogP) is 4.80. The summed E-state index contributed by atoms with van der Waals surface area (Å²) >= 11 is 0. The molecule has 2 N–H and O–H groups in total. The van der Waals surface area contributed by atoms with E-state index in [1.807, 2.05) is 59.8 Å². The first kappa shape index (κ1) is 25.5. The molecule has 1 aliphatic rings. The molecule has 1 fully saturated rings. The van der Waals surface area contributed by atoms with E-state index in [-0.39, 0.29) is 17.5 Å². The number of aliphatic hydroxyl groups is 2. The summed E-state index contributed by atoms with van der Waals surface area (Å²) in [6, 6.07) is 0. The summed E-state index contributed by atoms with van der Waals surface area (Å²) in [5.74, 6) is -2.31. The molecule has 0 spiro atoms. The van der Waals surface area contributed by atoms with Crippen LogP contribution < -0.4 is 0 Å². The number of allylic oxidation sites excluding steroid dienone is 6. The lowest BCUT2D eigenvalue weighted by Crippen LogP contribution is -2.62. The highest BCUT2D eigenvalue weighted by molar-refractivity contribution is 5.94. The predicted molar refractivity (Wildman–Crippen MR) is 118 cm³/mol. The van der Waals surface area contributed by atoms with E-state index in [2.05, 4.69) is 0 Å². The fraction of sp³-hybridized carbons (Fsp3) is 0.680. The Kier molecular flexibility index (Phi) is 9.23. The normalized spacial score (nSPS) is 26.1. The Bertz CT molecular complexity index is 664. The number of Topliss-reactive ketones (excluding diaryl/α,β-unsaturated/α-hetero) is 2. The van der Waals surface area contributed by atoms with Crippen LogP contribution in [0.4, 0.5) is 0 Å². The number of hydrogen-bond acceptors (Lipinski definition) is 4. The molecule has 0 heterocycles. The molecule has 1 aliphatic carbocycles. The van der Waals surface area contributed by atoms with E-state index in [0.29, 0.717) is 19.3 Å². The van der Waals surface area contributed by atoms with Gasteiger partial charge < -0.3 is 10.2 Å². The Labute approximate surface area is 176 Å². The van der Waals surface area contributed by atoms with Crippen molar-refractivity contribution in [1.82, 2.24) is 0 Å². The fourth-order valence-corrected chi connectivity index (χ4v) is 4.07. The zero-order chi connectivity index (χ0) is 22.5. The SMILES string of the molecule is CC(C)=CCC1C(=O)C(CC=C(C)C)(CC=C(C)C)C(O)C(C(=O)C(C)C)C1O. The fourth-order valence-electron chi connectivity index (χ4n) is 4.07. The van der Waals surface area contributed by atoms with E-state index in [0.717, 1.165) is 16.7 Å². The second kappa shape index (κ2) is 10.5. The van der Waals surface area contributed by atoms with Gasteiger partial charge in [0, 0.05) is 11.8 Å². The number of hydrogen-bond donors (Lipinski definition) is 2. The summed E-state index contributed by atoms with van der Waals surface area (Å²) in [5, 5.41) is 22.4. The third-order valence-electron chi connectivity index (χ3n) is 5.94. The molecule has 4 heteroatoms. The molecule has 1 saturated carbocycles. The topological polar surface area (TPSA) is 74.6 Å². The first-order valence-corrected chi connectivity index (χ1v) is 10.7. The Morgan fingerprint density at radius 1 is 0.931 bits per heavy atom. The molecular formula is C25H40O4. The molecule has 0 aromatic rings. The lowest BCUT2D eigenvalue weighted by atomic mass is 9.56. The van der Waals surface area contributed by atoms with Crippen LogP contribution in [0.15, 0.2) is 34.9 Å². The molecule has 0 aliphatic heterocycles. The Balaban J connectivity index is 3.63. The van der Waals surface area contributed by atoms with Gasteiger partial charge in [-0.2, -0.15) is 0 Å². The van der Waals surface area contributed by atoms with Gasteiger partial charge in [0.1, 0.15) is 11.6 Å². The van der Waals surface area contributed by atoms with Gasteiger partial charge in [0.2, 0.25) is 0 Å². The van der Waals surface area contributed by atoms with Crippen molar-refractivity contribution < 1.29 is 19.8 Å². The monoisotopic (exact) mass is 404 g/mol. The van der Waals surface area contributed by atoms with E-state index in [9.17, 15) is 19.8 Å². The van der Waals surface area contributed by atoms with Crippen LogP contribution in [-0.4, -0.2) is 34.0 Å². The minimum absolute atomic E-state index is 0.141. The molecule has 0 aromatic heterocycles. The van der Waals surface area contributed by atoms with Crippen LogP contribution in [0.3, 0.4) is 0 Å². The average molecular weight is 405 g/mol.